The number of carbonyl (C=O) groups is 3. The van der Waals surface area contributed by atoms with Crippen molar-refractivity contribution in [2.75, 3.05) is 31.8 Å². The average Bonchev–Trinajstić information content (AvgIpc) is 3.13. The summed E-state index contributed by atoms with van der Waals surface area (Å²) in [5.74, 6) is 5.98. The fourth-order valence-corrected chi connectivity index (χ4v) is 5.31. The molecule has 0 saturated carbocycles. The average molecular weight is 552 g/mol. The number of methoxy groups -OCH3 is 1. The zero-order valence-corrected chi connectivity index (χ0v) is 22.1. The van der Waals surface area contributed by atoms with Crippen LogP contribution >= 0.6 is 33.2 Å². The van der Waals surface area contributed by atoms with Crippen LogP contribution in [0, 0.1) is 6.92 Å². The molecule has 0 spiro atoms. The molecule has 0 unspecified atom stereocenters. The molecule has 9 nitrogen and oxygen atoms in total. The van der Waals surface area contributed by atoms with Crippen LogP contribution in [-0.2, 0) is 20.8 Å². The molecule has 0 saturated heterocycles. The van der Waals surface area contributed by atoms with Gasteiger partial charge in [-0.25, -0.2) is 10.7 Å². The second kappa shape index (κ2) is 13.6. The molecule has 1 aromatic heterocycles. The summed E-state index contributed by atoms with van der Waals surface area (Å²) in [6, 6.07) is 11.8. The number of imide groups is 1. The van der Waals surface area contributed by atoms with Gasteiger partial charge in [0.2, 0.25) is 5.91 Å². The molecule has 3 aromatic rings. The lowest BCUT2D eigenvalue weighted by molar-refractivity contribution is -0.119. The van der Waals surface area contributed by atoms with Gasteiger partial charge >= 0.3 is 6.09 Å². The fraction of sp³-hybridized carbons (Fsp3) is 0.292. The third-order valence-electron chi connectivity index (χ3n) is 5.18. The molecule has 0 radical (unpaired) electrons. The maximum atomic E-state index is 13.4. The van der Waals surface area contributed by atoms with Gasteiger partial charge in [0.05, 0.1) is 25.7 Å². The van der Waals surface area contributed by atoms with Crippen molar-refractivity contribution in [1.29, 1.82) is 0 Å². The Morgan fingerprint density at radius 2 is 1.75 bits per heavy atom. The fourth-order valence-electron chi connectivity index (χ4n) is 3.52. The summed E-state index contributed by atoms with van der Waals surface area (Å²) in [5.41, 5.74) is 2.25. The Hall–Kier alpha value is -2.70. The van der Waals surface area contributed by atoms with Crippen molar-refractivity contribution in [2.24, 2.45) is 5.90 Å². The number of hydrogen-bond acceptors (Lipinski definition) is 9. The second-order valence-electron chi connectivity index (χ2n) is 7.47. The highest BCUT2D eigenvalue weighted by atomic mass is 35.5. The van der Waals surface area contributed by atoms with E-state index in [0.29, 0.717) is 56.6 Å². The predicted molar refractivity (Wildman–Crippen MR) is 143 cm³/mol. The van der Waals surface area contributed by atoms with E-state index in [0.717, 1.165) is 0 Å². The van der Waals surface area contributed by atoms with Gasteiger partial charge in [-0.15, -0.1) is 0 Å². The Morgan fingerprint density at radius 1 is 1.06 bits per heavy atom. The lowest BCUT2D eigenvalue weighted by atomic mass is 10.1. The predicted octanol–water partition coefficient (Wildman–Crippen LogP) is 4.37. The molecular weight excluding hydrogens is 526 g/mol. The van der Waals surface area contributed by atoms with E-state index in [9.17, 15) is 14.4 Å². The van der Waals surface area contributed by atoms with Crippen LogP contribution in [0.4, 0.5) is 4.79 Å². The van der Waals surface area contributed by atoms with Gasteiger partial charge in [-0.3, -0.25) is 19.5 Å². The van der Waals surface area contributed by atoms with E-state index >= 15 is 0 Å². The van der Waals surface area contributed by atoms with Crippen molar-refractivity contribution >= 4 is 62.0 Å². The molecule has 0 aliphatic heterocycles. The van der Waals surface area contributed by atoms with Crippen LogP contribution in [0.2, 0.25) is 5.02 Å². The molecule has 2 aromatic carbocycles. The molecule has 0 bridgehead atoms. The van der Waals surface area contributed by atoms with Gasteiger partial charge in [0.25, 0.3) is 5.91 Å². The van der Waals surface area contributed by atoms with Crippen molar-refractivity contribution in [2.45, 2.75) is 13.3 Å². The minimum absolute atomic E-state index is 0.130. The van der Waals surface area contributed by atoms with Gasteiger partial charge in [0, 0.05) is 33.2 Å². The lowest BCUT2D eigenvalue weighted by Gasteiger charge is -2.08. The van der Waals surface area contributed by atoms with Crippen LogP contribution in [0.5, 0.6) is 5.75 Å². The van der Waals surface area contributed by atoms with Crippen LogP contribution in [-0.4, -0.2) is 54.3 Å². The number of amides is 2. The van der Waals surface area contributed by atoms with E-state index in [1.165, 1.54) is 17.9 Å². The molecule has 36 heavy (non-hydrogen) atoms. The number of aromatic nitrogens is 1. The van der Waals surface area contributed by atoms with Gasteiger partial charge in [-0.05, 0) is 55.0 Å². The van der Waals surface area contributed by atoms with E-state index in [1.54, 1.807) is 64.7 Å². The highest BCUT2D eigenvalue weighted by molar-refractivity contribution is 8.76. The number of ether oxygens (including phenoxy) is 2. The normalized spacial score (nSPS) is 10.9. The SMILES string of the molecule is COc1ccc2c(c1)c(CC(=O)NC(=O)OCCSSCCON)c(C)n2C(=O)c1ccc(Cl)cc1. The molecule has 0 atom stereocenters. The number of nitrogens with one attached hydrogen (secondary N) is 1. The largest absolute Gasteiger partial charge is 0.497 e. The van der Waals surface area contributed by atoms with Crippen LogP contribution in [0.3, 0.4) is 0 Å². The number of carbonyl (C=O) groups excluding carboxylic acids is 3. The van der Waals surface area contributed by atoms with E-state index < -0.39 is 12.0 Å². The third-order valence-corrected chi connectivity index (χ3v) is 7.77. The molecule has 0 aliphatic carbocycles. The van der Waals surface area contributed by atoms with E-state index in [4.69, 9.17) is 27.0 Å². The van der Waals surface area contributed by atoms with Gasteiger partial charge in [0.1, 0.15) is 12.4 Å². The standard InChI is InChI=1S/C24H26ClN3O6S2/c1-15-19(14-22(29)27-24(31)33-9-11-35-36-12-10-34-26)20-13-18(32-2)7-8-21(20)28(15)23(30)16-3-5-17(25)6-4-16/h3-8,13H,9-12,14,26H2,1-2H3,(H,27,29,31). The smallest absolute Gasteiger partial charge is 0.413 e. The number of benzene rings is 2. The maximum absolute atomic E-state index is 13.4. The number of nitrogens with two attached hydrogens (primary N) is 1. The van der Waals surface area contributed by atoms with Gasteiger partial charge in [-0.1, -0.05) is 33.2 Å². The summed E-state index contributed by atoms with van der Waals surface area (Å²) in [5, 5.41) is 3.44. The van der Waals surface area contributed by atoms with E-state index in [-0.39, 0.29) is 18.9 Å². The molecule has 1 heterocycles. The summed E-state index contributed by atoms with van der Waals surface area (Å²) in [6.07, 6.45) is -0.957. The maximum Gasteiger partial charge on any atom is 0.413 e. The zero-order valence-electron chi connectivity index (χ0n) is 19.7. The minimum Gasteiger partial charge on any atom is -0.497 e. The molecular formula is C24H26ClN3O6S2. The molecule has 12 heteroatoms. The Kier molecular flexibility index (Phi) is 10.5. The Bertz CT molecular complexity index is 1230. The number of nitrogens with zero attached hydrogens (tertiary/aromatic N) is 1. The highest BCUT2D eigenvalue weighted by Crippen LogP contribution is 2.31. The molecule has 0 aliphatic rings. The molecule has 0 fully saturated rings. The molecule has 192 valence electrons. The topological polar surface area (TPSA) is 122 Å². The quantitative estimate of drug-likeness (QED) is 0.203. The van der Waals surface area contributed by atoms with Gasteiger partial charge in [0.15, 0.2) is 0 Å². The number of rotatable bonds is 11. The Morgan fingerprint density at radius 3 is 2.42 bits per heavy atom. The zero-order chi connectivity index (χ0) is 26.1. The van der Waals surface area contributed by atoms with Crippen LogP contribution < -0.4 is 16.0 Å². The summed E-state index contributed by atoms with van der Waals surface area (Å²) in [4.78, 5) is 42.6. The first-order chi connectivity index (χ1) is 17.3. The van der Waals surface area contributed by atoms with E-state index in [1.807, 2.05) is 0 Å². The summed E-state index contributed by atoms with van der Waals surface area (Å²) < 4.78 is 12.0. The van der Waals surface area contributed by atoms with Gasteiger partial charge in [-0.2, -0.15) is 0 Å². The molecule has 3 rings (SSSR count). The molecule has 2 amide bonds. The minimum atomic E-state index is -0.827. The van der Waals surface area contributed by atoms with Crippen molar-refractivity contribution < 1.29 is 28.7 Å². The Labute approximate surface area is 221 Å². The van der Waals surface area contributed by atoms with Crippen molar-refractivity contribution in [3.8, 4) is 5.75 Å². The Balaban J connectivity index is 1.74. The van der Waals surface area contributed by atoms with Gasteiger partial charge < -0.3 is 14.3 Å². The van der Waals surface area contributed by atoms with Crippen molar-refractivity contribution in [3.05, 3.63) is 64.3 Å². The second-order valence-corrected chi connectivity index (χ2v) is 10.6. The first-order valence-corrected chi connectivity index (χ1v) is 13.7. The highest BCUT2D eigenvalue weighted by Gasteiger charge is 2.23. The summed E-state index contributed by atoms with van der Waals surface area (Å²) in [6.45, 7) is 2.33. The third kappa shape index (κ3) is 7.17. The van der Waals surface area contributed by atoms with Crippen molar-refractivity contribution in [3.63, 3.8) is 0 Å². The number of halogens is 1. The van der Waals surface area contributed by atoms with Crippen LogP contribution in [0.1, 0.15) is 21.6 Å². The number of fused-ring (bicyclic) bond motifs is 1. The monoisotopic (exact) mass is 551 g/mol. The molecule has 3 N–H and O–H groups in total. The van der Waals surface area contributed by atoms with Crippen LogP contribution in [0.15, 0.2) is 42.5 Å². The lowest BCUT2D eigenvalue weighted by Crippen LogP contribution is -2.32. The summed E-state index contributed by atoms with van der Waals surface area (Å²) in [7, 11) is 4.58. The first kappa shape index (κ1) is 27.9. The summed E-state index contributed by atoms with van der Waals surface area (Å²) >= 11 is 5.97. The first-order valence-electron chi connectivity index (χ1n) is 10.9. The van der Waals surface area contributed by atoms with E-state index in [2.05, 4.69) is 10.2 Å². The van der Waals surface area contributed by atoms with Crippen LogP contribution in [0.25, 0.3) is 10.9 Å². The number of hydrogen-bond donors (Lipinski definition) is 2. The van der Waals surface area contributed by atoms with Crippen molar-refractivity contribution in [1.82, 2.24) is 9.88 Å². The number of alkyl carbamates (subject to hydrolysis) is 1.